The summed E-state index contributed by atoms with van der Waals surface area (Å²) in [6.45, 7) is 3.20. The summed E-state index contributed by atoms with van der Waals surface area (Å²) in [4.78, 5) is 16.9. The average molecular weight is 241 g/mol. The monoisotopic (exact) mass is 241 g/mol. The van der Waals surface area contributed by atoms with Gasteiger partial charge in [0.15, 0.2) is 0 Å². The van der Waals surface area contributed by atoms with Gasteiger partial charge in [-0.15, -0.1) is 0 Å². The third-order valence-electron chi connectivity index (χ3n) is 2.53. The van der Waals surface area contributed by atoms with Crippen LogP contribution in [0.4, 0.5) is 5.88 Å². The lowest BCUT2D eigenvalue weighted by atomic mass is 10.3. The SMILES string of the molecule is COCc1nc(C(=O)O)c(N2CCNCC2)o1. The normalized spacial score (nSPS) is 16.2. The van der Waals surface area contributed by atoms with Gasteiger partial charge in [0.05, 0.1) is 0 Å². The number of anilines is 1. The van der Waals surface area contributed by atoms with E-state index in [1.54, 1.807) is 0 Å². The Morgan fingerprint density at radius 1 is 1.59 bits per heavy atom. The van der Waals surface area contributed by atoms with Crippen LogP contribution >= 0.6 is 0 Å². The summed E-state index contributed by atoms with van der Waals surface area (Å²) in [5, 5.41) is 12.3. The Morgan fingerprint density at radius 2 is 2.29 bits per heavy atom. The minimum atomic E-state index is -1.08. The highest BCUT2D eigenvalue weighted by molar-refractivity contribution is 5.90. The Balaban J connectivity index is 2.26. The average Bonchev–Trinajstić information content (AvgIpc) is 2.75. The van der Waals surface area contributed by atoms with E-state index in [0.717, 1.165) is 13.1 Å². The number of aromatic carboxylic acids is 1. The number of ether oxygens (including phenoxy) is 1. The number of carbonyl (C=O) groups is 1. The quantitative estimate of drug-likeness (QED) is 0.762. The van der Waals surface area contributed by atoms with Gasteiger partial charge in [-0.05, 0) is 0 Å². The molecule has 1 aromatic heterocycles. The minimum Gasteiger partial charge on any atom is -0.476 e. The maximum absolute atomic E-state index is 11.1. The number of oxazole rings is 1. The Bertz CT molecular complexity index is 398. The third kappa shape index (κ3) is 2.56. The van der Waals surface area contributed by atoms with E-state index in [9.17, 15) is 4.79 Å². The summed E-state index contributed by atoms with van der Waals surface area (Å²) in [6.07, 6.45) is 0. The molecule has 7 nitrogen and oxygen atoms in total. The first kappa shape index (κ1) is 11.9. The van der Waals surface area contributed by atoms with E-state index in [1.807, 2.05) is 4.90 Å². The summed E-state index contributed by atoms with van der Waals surface area (Å²) in [7, 11) is 1.51. The van der Waals surface area contributed by atoms with Crippen molar-refractivity contribution in [2.24, 2.45) is 0 Å². The molecule has 1 aliphatic heterocycles. The first-order valence-corrected chi connectivity index (χ1v) is 5.40. The lowest BCUT2D eigenvalue weighted by Crippen LogP contribution is -2.43. The van der Waals surface area contributed by atoms with E-state index >= 15 is 0 Å². The number of piperazine rings is 1. The summed E-state index contributed by atoms with van der Waals surface area (Å²) < 4.78 is 10.3. The molecule has 1 aromatic rings. The van der Waals surface area contributed by atoms with Gasteiger partial charge in [0.1, 0.15) is 6.61 Å². The second kappa shape index (κ2) is 5.15. The lowest BCUT2D eigenvalue weighted by Gasteiger charge is -2.26. The zero-order valence-electron chi connectivity index (χ0n) is 9.60. The van der Waals surface area contributed by atoms with Crippen LogP contribution in [0.2, 0.25) is 0 Å². The number of hydrogen-bond donors (Lipinski definition) is 2. The van der Waals surface area contributed by atoms with Crippen molar-refractivity contribution >= 4 is 11.9 Å². The van der Waals surface area contributed by atoms with Crippen LogP contribution in [0.15, 0.2) is 4.42 Å². The molecule has 0 saturated carbocycles. The number of nitrogens with zero attached hydrogens (tertiary/aromatic N) is 2. The van der Waals surface area contributed by atoms with Gasteiger partial charge in [-0.25, -0.2) is 9.78 Å². The Hall–Kier alpha value is -1.60. The number of aromatic nitrogens is 1. The molecule has 1 aliphatic rings. The van der Waals surface area contributed by atoms with Crippen LogP contribution in [-0.4, -0.2) is 49.3 Å². The van der Waals surface area contributed by atoms with Gasteiger partial charge in [0.2, 0.25) is 17.5 Å². The number of carboxylic acid groups (broad SMARTS) is 1. The van der Waals surface area contributed by atoms with Crippen molar-refractivity contribution in [2.45, 2.75) is 6.61 Å². The molecule has 0 aliphatic carbocycles. The zero-order chi connectivity index (χ0) is 12.3. The van der Waals surface area contributed by atoms with Crippen LogP contribution < -0.4 is 10.2 Å². The van der Waals surface area contributed by atoms with Gasteiger partial charge in [-0.1, -0.05) is 0 Å². The predicted molar refractivity (Wildman–Crippen MR) is 59.3 cm³/mol. The topological polar surface area (TPSA) is 87.8 Å². The van der Waals surface area contributed by atoms with Crippen molar-refractivity contribution in [1.82, 2.24) is 10.3 Å². The van der Waals surface area contributed by atoms with Crippen LogP contribution in [0.1, 0.15) is 16.4 Å². The van der Waals surface area contributed by atoms with Crippen LogP contribution in [0.3, 0.4) is 0 Å². The molecule has 0 amide bonds. The standard InChI is InChI=1S/C10H15N3O4/c1-16-6-7-12-8(10(14)15)9(17-7)13-4-2-11-3-5-13/h11H,2-6H2,1H3,(H,14,15). The fraction of sp³-hybridized carbons (Fsp3) is 0.600. The van der Waals surface area contributed by atoms with Crippen molar-refractivity contribution in [2.75, 3.05) is 38.2 Å². The van der Waals surface area contributed by atoms with Crippen LogP contribution in [0.25, 0.3) is 0 Å². The molecular formula is C10H15N3O4. The molecule has 17 heavy (non-hydrogen) atoms. The third-order valence-corrected chi connectivity index (χ3v) is 2.53. The molecule has 0 aromatic carbocycles. The van der Waals surface area contributed by atoms with E-state index in [4.69, 9.17) is 14.3 Å². The van der Waals surface area contributed by atoms with E-state index in [0.29, 0.717) is 24.9 Å². The highest BCUT2D eigenvalue weighted by Gasteiger charge is 2.25. The number of carboxylic acids is 1. The van der Waals surface area contributed by atoms with Crippen molar-refractivity contribution in [3.63, 3.8) is 0 Å². The first-order chi connectivity index (χ1) is 8.22. The van der Waals surface area contributed by atoms with Crippen LogP contribution in [0.5, 0.6) is 0 Å². The Morgan fingerprint density at radius 3 is 2.88 bits per heavy atom. The molecule has 2 N–H and O–H groups in total. The molecule has 94 valence electrons. The Labute approximate surface area is 98.4 Å². The second-order valence-corrected chi connectivity index (χ2v) is 3.74. The summed E-state index contributed by atoms with van der Waals surface area (Å²) in [5.41, 5.74) is -0.0426. The number of rotatable bonds is 4. The lowest BCUT2D eigenvalue weighted by molar-refractivity contribution is 0.0691. The molecule has 0 bridgehead atoms. The molecule has 1 saturated heterocycles. The van der Waals surface area contributed by atoms with Crippen molar-refractivity contribution < 1.29 is 19.1 Å². The fourth-order valence-corrected chi connectivity index (χ4v) is 1.76. The number of nitrogens with one attached hydrogen (secondary N) is 1. The smallest absolute Gasteiger partial charge is 0.360 e. The first-order valence-electron chi connectivity index (χ1n) is 5.40. The highest BCUT2D eigenvalue weighted by Crippen LogP contribution is 2.23. The summed E-state index contributed by atoms with van der Waals surface area (Å²) in [6, 6.07) is 0. The Kier molecular flexibility index (Phi) is 3.60. The van der Waals surface area contributed by atoms with E-state index in [1.165, 1.54) is 7.11 Å². The molecule has 0 unspecified atom stereocenters. The van der Waals surface area contributed by atoms with E-state index in [-0.39, 0.29) is 12.3 Å². The second-order valence-electron chi connectivity index (χ2n) is 3.74. The fourth-order valence-electron chi connectivity index (χ4n) is 1.76. The maximum Gasteiger partial charge on any atom is 0.360 e. The van der Waals surface area contributed by atoms with E-state index in [2.05, 4.69) is 10.3 Å². The molecule has 2 heterocycles. The van der Waals surface area contributed by atoms with Crippen LogP contribution in [0, 0.1) is 0 Å². The number of hydrogen-bond acceptors (Lipinski definition) is 6. The van der Waals surface area contributed by atoms with Crippen molar-refractivity contribution in [3.05, 3.63) is 11.6 Å². The molecular weight excluding hydrogens is 226 g/mol. The molecule has 0 spiro atoms. The minimum absolute atomic E-state index is 0.0426. The number of methoxy groups -OCH3 is 1. The summed E-state index contributed by atoms with van der Waals surface area (Å²) in [5.74, 6) is -0.464. The van der Waals surface area contributed by atoms with E-state index < -0.39 is 5.97 Å². The maximum atomic E-state index is 11.1. The van der Waals surface area contributed by atoms with Gasteiger partial charge in [-0.3, -0.25) is 0 Å². The van der Waals surface area contributed by atoms with Gasteiger partial charge in [0, 0.05) is 33.3 Å². The van der Waals surface area contributed by atoms with Crippen molar-refractivity contribution in [1.29, 1.82) is 0 Å². The van der Waals surface area contributed by atoms with Crippen LogP contribution in [-0.2, 0) is 11.3 Å². The largest absolute Gasteiger partial charge is 0.476 e. The molecule has 0 radical (unpaired) electrons. The molecule has 2 rings (SSSR count). The van der Waals surface area contributed by atoms with Gasteiger partial charge in [-0.2, -0.15) is 0 Å². The zero-order valence-corrected chi connectivity index (χ0v) is 9.60. The molecule has 1 fully saturated rings. The molecule has 0 atom stereocenters. The summed E-state index contributed by atoms with van der Waals surface area (Å²) >= 11 is 0. The van der Waals surface area contributed by atoms with Gasteiger partial charge in [0.25, 0.3) is 0 Å². The van der Waals surface area contributed by atoms with Gasteiger partial charge >= 0.3 is 5.97 Å². The predicted octanol–water partition coefficient (Wildman–Crippen LogP) is -0.0712. The van der Waals surface area contributed by atoms with Gasteiger partial charge < -0.3 is 24.5 Å². The van der Waals surface area contributed by atoms with Crippen molar-refractivity contribution in [3.8, 4) is 0 Å². The molecule has 7 heteroatoms. The highest BCUT2D eigenvalue weighted by atomic mass is 16.5.